The molecule has 2 N–H and O–H groups in total. The molecule has 0 unspecified atom stereocenters. The van der Waals surface area contributed by atoms with Crippen LogP contribution in [0.4, 0.5) is 0 Å². The van der Waals surface area contributed by atoms with E-state index in [4.69, 9.17) is 0 Å². The van der Waals surface area contributed by atoms with E-state index >= 15 is 0 Å². The van der Waals surface area contributed by atoms with E-state index in [1.165, 1.54) is 6.07 Å². The maximum absolute atomic E-state index is 11.6. The number of imidazole rings is 1. The molecule has 84 valence electrons. The Morgan fingerprint density at radius 2 is 1.94 bits per heavy atom. The number of nitrogens with one attached hydrogen (secondary N) is 1. The first-order valence-corrected chi connectivity index (χ1v) is 5.24. The molecule has 0 radical (unpaired) electrons. The van der Waals surface area contributed by atoms with Crippen molar-refractivity contribution in [1.29, 1.82) is 0 Å². The number of H-pyrrole nitrogens is 1. The van der Waals surface area contributed by atoms with E-state index in [-0.39, 0.29) is 11.3 Å². The summed E-state index contributed by atoms with van der Waals surface area (Å²) in [6.07, 6.45) is 1.73. The number of rotatable bonds is 1. The lowest BCUT2D eigenvalue weighted by atomic mass is 10.1. The van der Waals surface area contributed by atoms with E-state index in [2.05, 4.69) is 4.98 Å². The molecule has 0 aliphatic heterocycles. The lowest BCUT2D eigenvalue weighted by Crippen LogP contribution is -2.08. The SMILES string of the molecule is O=c1cccc2[nH]c(-c3cccc(O)c3)cn12. The highest BCUT2D eigenvalue weighted by Crippen LogP contribution is 2.22. The first-order chi connectivity index (χ1) is 8.24. The van der Waals surface area contributed by atoms with Crippen molar-refractivity contribution in [2.75, 3.05) is 0 Å². The van der Waals surface area contributed by atoms with Crippen LogP contribution in [0, 0.1) is 0 Å². The fourth-order valence-electron chi connectivity index (χ4n) is 1.86. The Bertz CT molecular complexity index is 740. The number of aromatic nitrogens is 2. The molecule has 0 amide bonds. The molecule has 0 atom stereocenters. The maximum Gasteiger partial charge on any atom is 0.256 e. The summed E-state index contributed by atoms with van der Waals surface area (Å²) in [5.41, 5.74) is 2.29. The van der Waals surface area contributed by atoms with Gasteiger partial charge in [-0.15, -0.1) is 0 Å². The van der Waals surface area contributed by atoms with Gasteiger partial charge in [0.25, 0.3) is 5.56 Å². The average Bonchev–Trinajstić information content (AvgIpc) is 2.74. The monoisotopic (exact) mass is 226 g/mol. The molecule has 0 bridgehead atoms. The van der Waals surface area contributed by atoms with Crippen LogP contribution in [0.2, 0.25) is 0 Å². The van der Waals surface area contributed by atoms with Crippen LogP contribution < -0.4 is 5.56 Å². The predicted octanol–water partition coefficient (Wildman–Crippen LogP) is 2.00. The number of aromatic hydroxyl groups is 1. The number of phenolic OH excluding ortho intramolecular Hbond substituents is 1. The van der Waals surface area contributed by atoms with Gasteiger partial charge in [0.15, 0.2) is 0 Å². The summed E-state index contributed by atoms with van der Waals surface area (Å²) >= 11 is 0. The number of nitrogens with zero attached hydrogens (tertiary/aromatic N) is 1. The molecule has 0 aliphatic rings. The Kier molecular flexibility index (Phi) is 2.01. The number of pyridine rings is 1. The minimum Gasteiger partial charge on any atom is -0.508 e. The molecule has 0 spiro atoms. The van der Waals surface area contributed by atoms with Crippen LogP contribution >= 0.6 is 0 Å². The second-order valence-corrected chi connectivity index (χ2v) is 3.84. The number of benzene rings is 1. The van der Waals surface area contributed by atoms with Crippen molar-refractivity contribution in [3.63, 3.8) is 0 Å². The van der Waals surface area contributed by atoms with Crippen LogP contribution in [0.3, 0.4) is 0 Å². The Balaban J connectivity index is 2.25. The van der Waals surface area contributed by atoms with E-state index in [0.717, 1.165) is 16.9 Å². The number of aromatic amines is 1. The third-order valence-corrected chi connectivity index (χ3v) is 2.67. The van der Waals surface area contributed by atoms with E-state index in [1.54, 1.807) is 34.9 Å². The standard InChI is InChI=1S/C13H10N2O2/c16-10-4-1-3-9(7-10)11-8-15-12(14-11)5-2-6-13(15)17/h1-8,14,16H. The normalized spacial score (nSPS) is 10.8. The largest absolute Gasteiger partial charge is 0.508 e. The molecule has 2 aromatic heterocycles. The molecular formula is C13H10N2O2. The smallest absolute Gasteiger partial charge is 0.256 e. The summed E-state index contributed by atoms with van der Waals surface area (Å²) in [5.74, 6) is 0.202. The molecular weight excluding hydrogens is 216 g/mol. The minimum absolute atomic E-state index is 0.0786. The zero-order valence-corrected chi connectivity index (χ0v) is 8.92. The predicted molar refractivity (Wildman–Crippen MR) is 65.1 cm³/mol. The first-order valence-electron chi connectivity index (χ1n) is 5.24. The van der Waals surface area contributed by atoms with Gasteiger partial charge in [0.1, 0.15) is 11.4 Å². The van der Waals surface area contributed by atoms with Crippen LogP contribution in [-0.2, 0) is 0 Å². The van der Waals surface area contributed by atoms with E-state index in [9.17, 15) is 9.90 Å². The third-order valence-electron chi connectivity index (χ3n) is 2.67. The van der Waals surface area contributed by atoms with Crippen molar-refractivity contribution < 1.29 is 5.11 Å². The highest BCUT2D eigenvalue weighted by atomic mass is 16.3. The molecule has 3 rings (SSSR count). The van der Waals surface area contributed by atoms with Gasteiger partial charge in [-0.05, 0) is 18.2 Å². The van der Waals surface area contributed by atoms with Crippen molar-refractivity contribution in [2.45, 2.75) is 0 Å². The minimum atomic E-state index is -0.0786. The molecule has 4 nitrogen and oxygen atoms in total. The van der Waals surface area contributed by atoms with Gasteiger partial charge in [0.2, 0.25) is 0 Å². The van der Waals surface area contributed by atoms with Crippen molar-refractivity contribution >= 4 is 5.65 Å². The van der Waals surface area contributed by atoms with Gasteiger partial charge >= 0.3 is 0 Å². The van der Waals surface area contributed by atoms with Gasteiger partial charge in [0, 0.05) is 17.8 Å². The fraction of sp³-hybridized carbons (Fsp3) is 0. The molecule has 4 heteroatoms. The van der Waals surface area contributed by atoms with Crippen LogP contribution in [0.1, 0.15) is 0 Å². The van der Waals surface area contributed by atoms with Crippen LogP contribution in [0.5, 0.6) is 5.75 Å². The van der Waals surface area contributed by atoms with Crippen molar-refractivity contribution in [3.05, 3.63) is 59.0 Å². The Labute approximate surface area is 96.8 Å². The van der Waals surface area contributed by atoms with Gasteiger partial charge in [0.05, 0.1) is 5.69 Å². The zero-order chi connectivity index (χ0) is 11.8. The Morgan fingerprint density at radius 3 is 2.71 bits per heavy atom. The second kappa shape index (κ2) is 3.52. The molecule has 0 saturated carbocycles. The quantitative estimate of drug-likeness (QED) is 0.666. The van der Waals surface area contributed by atoms with Crippen molar-refractivity contribution in [2.24, 2.45) is 0 Å². The summed E-state index contributed by atoms with van der Waals surface area (Å²) in [6.45, 7) is 0. The van der Waals surface area contributed by atoms with Crippen molar-refractivity contribution in [3.8, 4) is 17.0 Å². The number of hydrogen-bond acceptors (Lipinski definition) is 2. The topological polar surface area (TPSA) is 57.5 Å². The molecule has 0 saturated heterocycles. The lowest BCUT2D eigenvalue weighted by molar-refractivity contribution is 0.475. The summed E-state index contributed by atoms with van der Waals surface area (Å²) in [6, 6.07) is 11.9. The fourth-order valence-corrected chi connectivity index (χ4v) is 1.86. The van der Waals surface area contributed by atoms with Crippen LogP contribution in [0.15, 0.2) is 53.5 Å². The number of phenols is 1. The lowest BCUT2D eigenvalue weighted by Gasteiger charge is -1.97. The van der Waals surface area contributed by atoms with Gasteiger partial charge in [-0.25, -0.2) is 0 Å². The average molecular weight is 226 g/mol. The highest BCUT2D eigenvalue weighted by molar-refractivity contribution is 5.63. The second-order valence-electron chi connectivity index (χ2n) is 3.84. The molecule has 17 heavy (non-hydrogen) atoms. The van der Waals surface area contributed by atoms with E-state index in [1.807, 2.05) is 12.1 Å². The molecule has 1 aromatic carbocycles. The first kappa shape index (κ1) is 9.72. The summed E-state index contributed by atoms with van der Waals surface area (Å²) < 4.78 is 1.54. The molecule has 3 aromatic rings. The van der Waals surface area contributed by atoms with Gasteiger partial charge < -0.3 is 10.1 Å². The Morgan fingerprint density at radius 1 is 1.12 bits per heavy atom. The third kappa shape index (κ3) is 1.59. The Hall–Kier alpha value is -2.49. The molecule has 0 aliphatic carbocycles. The van der Waals surface area contributed by atoms with Gasteiger partial charge in [-0.1, -0.05) is 18.2 Å². The number of fused-ring (bicyclic) bond motifs is 1. The van der Waals surface area contributed by atoms with Crippen LogP contribution in [0.25, 0.3) is 16.9 Å². The van der Waals surface area contributed by atoms with Crippen molar-refractivity contribution in [1.82, 2.24) is 9.38 Å². The summed E-state index contributed by atoms with van der Waals surface area (Å²) in [4.78, 5) is 14.7. The zero-order valence-electron chi connectivity index (χ0n) is 8.92. The maximum atomic E-state index is 11.6. The van der Waals surface area contributed by atoms with E-state index in [0.29, 0.717) is 0 Å². The van der Waals surface area contributed by atoms with Gasteiger partial charge in [-0.2, -0.15) is 0 Å². The molecule has 2 heterocycles. The summed E-state index contributed by atoms with van der Waals surface area (Å²) in [7, 11) is 0. The van der Waals surface area contributed by atoms with Gasteiger partial charge in [-0.3, -0.25) is 9.20 Å². The highest BCUT2D eigenvalue weighted by Gasteiger charge is 2.04. The number of hydrogen-bond donors (Lipinski definition) is 2. The van der Waals surface area contributed by atoms with Crippen LogP contribution in [-0.4, -0.2) is 14.5 Å². The van der Waals surface area contributed by atoms with E-state index < -0.39 is 0 Å². The summed E-state index contributed by atoms with van der Waals surface area (Å²) in [5, 5.41) is 9.42. The molecule has 0 fully saturated rings.